The van der Waals surface area contributed by atoms with Gasteiger partial charge in [-0.1, -0.05) is 220 Å². The normalized spacial score (nSPS) is 12.5. The van der Waals surface area contributed by atoms with E-state index >= 15 is 0 Å². The number of para-hydroxylation sites is 2. The third-order valence-corrected chi connectivity index (χ3v) is 14.4. The molecule has 1 aliphatic rings. The first-order valence-corrected chi connectivity index (χ1v) is 24.2. The van der Waals surface area contributed by atoms with Gasteiger partial charge in [0.25, 0.3) is 0 Å². The number of rotatable bonds is 9. The van der Waals surface area contributed by atoms with Gasteiger partial charge in [0.15, 0.2) is 0 Å². The number of aromatic nitrogens is 1. The topological polar surface area (TPSA) is 21.3 Å². The highest BCUT2D eigenvalue weighted by Gasteiger charge is 2.45. The Balaban J connectivity index is 1.02. The van der Waals surface area contributed by atoms with E-state index in [9.17, 15) is 0 Å². The second-order valence-corrected chi connectivity index (χ2v) is 18.8. The first kappa shape index (κ1) is 41.3. The summed E-state index contributed by atoms with van der Waals surface area (Å²) >= 11 is 0. The number of nitrogens with zero attached hydrogens (tertiary/aromatic N) is 2. The highest BCUT2D eigenvalue weighted by molar-refractivity contribution is 6.09. The molecule has 332 valence electrons. The number of hydrogen-bond acceptors (Lipinski definition) is 2. The molecule has 0 radical (unpaired) electrons. The van der Waals surface area contributed by atoms with Crippen LogP contribution in [0.1, 0.15) is 25.0 Å². The molecule has 0 saturated heterocycles. The van der Waals surface area contributed by atoms with Gasteiger partial charge >= 0.3 is 0 Å². The Labute approximate surface area is 408 Å². The van der Waals surface area contributed by atoms with Crippen molar-refractivity contribution in [3.63, 3.8) is 0 Å². The summed E-state index contributed by atoms with van der Waals surface area (Å²) in [6, 6.07) is 92.1. The maximum atomic E-state index is 6.53. The lowest BCUT2D eigenvalue weighted by atomic mass is 9.79. The summed E-state index contributed by atoms with van der Waals surface area (Å²) in [5.41, 5.74) is 22.6. The maximum Gasteiger partial charge on any atom is 0.143 e. The molecule has 2 aromatic heterocycles. The molecule has 3 heteroatoms. The minimum atomic E-state index is -0.440. The Hall–Kier alpha value is -8.92. The van der Waals surface area contributed by atoms with Gasteiger partial charge in [0.1, 0.15) is 11.2 Å². The van der Waals surface area contributed by atoms with Crippen LogP contribution >= 0.6 is 0 Å². The summed E-state index contributed by atoms with van der Waals surface area (Å²) in [5, 5.41) is 2.26. The van der Waals surface area contributed by atoms with Crippen molar-refractivity contribution in [3.05, 3.63) is 266 Å². The summed E-state index contributed by atoms with van der Waals surface area (Å²) in [7, 11) is 0. The van der Waals surface area contributed by atoms with Gasteiger partial charge in [-0.2, -0.15) is 0 Å². The Morgan fingerprint density at radius 1 is 0.357 bits per heavy atom. The minimum absolute atomic E-state index is 0.440. The zero-order chi connectivity index (χ0) is 46.8. The predicted octanol–water partition coefficient (Wildman–Crippen LogP) is 18.5. The maximum absolute atomic E-state index is 6.53. The number of benzene rings is 10. The minimum Gasteiger partial charge on any atom is -0.455 e. The van der Waals surface area contributed by atoms with Gasteiger partial charge in [-0.3, -0.25) is 0 Å². The van der Waals surface area contributed by atoms with Crippen LogP contribution in [0.15, 0.2) is 259 Å². The molecule has 12 aromatic rings. The lowest BCUT2D eigenvalue weighted by Gasteiger charge is -2.33. The van der Waals surface area contributed by atoms with Gasteiger partial charge < -0.3 is 13.9 Å². The van der Waals surface area contributed by atoms with E-state index in [1.54, 1.807) is 0 Å². The van der Waals surface area contributed by atoms with E-state index in [0.717, 1.165) is 55.8 Å². The lowest BCUT2D eigenvalue weighted by molar-refractivity contribution is 0.661. The smallest absolute Gasteiger partial charge is 0.143 e. The van der Waals surface area contributed by atoms with Crippen LogP contribution in [0.3, 0.4) is 0 Å². The molecular weight excluding hydrogens is 849 g/mol. The molecule has 0 aliphatic heterocycles. The van der Waals surface area contributed by atoms with Crippen LogP contribution < -0.4 is 4.90 Å². The Kier molecular flexibility index (Phi) is 9.85. The molecule has 13 rings (SSSR count). The van der Waals surface area contributed by atoms with Crippen molar-refractivity contribution in [2.24, 2.45) is 0 Å². The molecule has 0 amide bonds. The summed E-state index contributed by atoms with van der Waals surface area (Å²) < 4.78 is 9.06. The lowest BCUT2D eigenvalue weighted by Crippen LogP contribution is -2.21. The van der Waals surface area contributed by atoms with E-state index in [2.05, 4.69) is 272 Å². The second kappa shape index (κ2) is 16.7. The Bertz CT molecular complexity index is 3850. The molecule has 0 spiro atoms. The van der Waals surface area contributed by atoms with Crippen molar-refractivity contribution in [2.75, 3.05) is 4.90 Å². The summed E-state index contributed by atoms with van der Waals surface area (Å²) in [5.74, 6) is 0. The average molecular weight is 897 g/mol. The first-order valence-electron chi connectivity index (χ1n) is 24.2. The van der Waals surface area contributed by atoms with Crippen LogP contribution in [-0.2, 0) is 5.41 Å². The SMILES string of the molecule is CC1(C)c2c(cccc2N(c2ccc(-c3ccccc3)cc2)c2ccc(-c3cccc4c3oc3ccccc34)cc2)-c2c1c(-c1ccccc1)n(-c1ccc(-c3ccccc3)cc1)c2-c1ccccc1. The standard InChI is InChI=1S/C67H48N2O/c1-67(2)62-58(61-63(67)65(51-25-13-6-14-26-51)69(64(61)50-23-11-5-12-24-50)54-41-35-48(36-42-54)46-21-9-4-10-22-46)30-18-31-59(62)68(52-39-33-47(34-40-52)45-19-7-3-8-20-45)53-43-37-49(38-44-53)55-28-17-29-57-56-27-15-16-32-60(56)70-66(55)57/h3-44H,1-2H3. The van der Waals surface area contributed by atoms with Crippen LogP contribution in [0, 0.1) is 0 Å². The van der Waals surface area contributed by atoms with E-state index < -0.39 is 5.41 Å². The van der Waals surface area contributed by atoms with Gasteiger partial charge in [-0.25, -0.2) is 0 Å². The number of furan rings is 1. The highest BCUT2D eigenvalue weighted by atomic mass is 16.3. The van der Waals surface area contributed by atoms with E-state index in [-0.39, 0.29) is 0 Å². The number of anilines is 3. The fourth-order valence-corrected chi connectivity index (χ4v) is 11.2. The van der Waals surface area contributed by atoms with Crippen LogP contribution in [0.25, 0.3) is 94.6 Å². The van der Waals surface area contributed by atoms with Gasteiger partial charge in [0.05, 0.1) is 17.1 Å². The molecular formula is C67H48N2O. The molecule has 10 aromatic carbocycles. The predicted molar refractivity (Wildman–Crippen MR) is 292 cm³/mol. The third kappa shape index (κ3) is 6.73. The highest BCUT2D eigenvalue weighted by Crippen LogP contribution is 2.61. The van der Waals surface area contributed by atoms with E-state index in [1.807, 2.05) is 6.07 Å². The molecule has 0 unspecified atom stereocenters. The first-order chi connectivity index (χ1) is 34.5. The van der Waals surface area contributed by atoms with Crippen molar-refractivity contribution in [3.8, 4) is 72.7 Å². The molecule has 3 nitrogen and oxygen atoms in total. The largest absolute Gasteiger partial charge is 0.455 e. The van der Waals surface area contributed by atoms with E-state index in [1.165, 1.54) is 67.0 Å². The van der Waals surface area contributed by atoms with Crippen molar-refractivity contribution in [2.45, 2.75) is 19.3 Å². The van der Waals surface area contributed by atoms with E-state index in [4.69, 9.17) is 4.42 Å². The van der Waals surface area contributed by atoms with Gasteiger partial charge in [0.2, 0.25) is 0 Å². The molecule has 0 fully saturated rings. The molecule has 0 atom stereocenters. The fourth-order valence-electron chi connectivity index (χ4n) is 11.2. The fraction of sp³-hybridized carbons (Fsp3) is 0.0448. The zero-order valence-electron chi connectivity index (χ0n) is 39.1. The van der Waals surface area contributed by atoms with Crippen molar-refractivity contribution >= 4 is 39.0 Å². The molecule has 70 heavy (non-hydrogen) atoms. The Morgan fingerprint density at radius 3 is 1.41 bits per heavy atom. The number of fused-ring (bicyclic) bond motifs is 6. The third-order valence-electron chi connectivity index (χ3n) is 14.4. The van der Waals surface area contributed by atoms with Gasteiger partial charge in [0, 0.05) is 44.4 Å². The summed E-state index contributed by atoms with van der Waals surface area (Å²) in [4.78, 5) is 2.47. The van der Waals surface area contributed by atoms with Crippen LogP contribution in [0.4, 0.5) is 17.1 Å². The Morgan fingerprint density at radius 2 is 0.814 bits per heavy atom. The van der Waals surface area contributed by atoms with Crippen LogP contribution in [-0.4, -0.2) is 4.57 Å². The van der Waals surface area contributed by atoms with E-state index in [0.29, 0.717) is 0 Å². The second-order valence-electron chi connectivity index (χ2n) is 18.8. The molecule has 0 saturated carbocycles. The molecule has 0 N–H and O–H groups in total. The average Bonchev–Trinajstić information content (AvgIpc) is 4.07. The van der Waals surface area contributed by atoms with Crippen molar-refractivity contribution in [1.29, 1.82) is 0 Å². The summed E-state index contributed by atoms with van der Waals surface area (Å²) in [6.45, 7) is 4.86. The molecule has 1 aliphatic carbocycles. The monoisotopic (exact) mass is 896 g/mol. The van der Waals surface area contributed by atoms with Gasteiger partial charge in [-0.15, -0.1) is 0 Å². The van der Waals surface area contributed by atoms with Gasteiger partial charge in [-0.05, 0) is 104 Å². The van der Waals surface area contributed by atoms with Crippen LogP contribution in [0.5, 0.6) is 0 Å². The van der Waals surface area contributed by atoms with Crippen LogP contribution in [0.2, 0.25) is 0 Å². The molecule has 0 bridgehead atoms. The molecule has 2 heterocycles. The summed E-state index contributed by atoms with van der Waals surface area (Å²) in [6.07, 6.45) is 0. The van der Waals surface area contributed by atoms with Crippen molar-refractivity contribution < 1.29 is 4.42 Å². The number of hydrogen-bond donors (Lipinski definition) is 0. The van der Waals surface area contributed by atoms with Crippen molar-refractivity contribution in [1.82, 2.24) is 4.57 Å². The zero-order valence-corrected chi connectivity index (χ0v) is 39.1. The quantitative estimate of drug-likeness (QED) is 0.144.